The molecular formula is C22H26N2O4S. The highest BCUT2D eigenvalue weighted by Gasteiger charge is 2.17. The van der Waals surface area contributed by atoms with Crippen molar-refractivity contribution in [1.29, 1.82) is 5.26 Å². The number of rotatable bonds is 8. The Labute approximate surface area is 172 Å². The summed E-state index contributed by atoms with van der Waals surface area (Å²) in [6, 6.07) is 14.7. The van der Waals surface area contributed by atoms with E-state index in [0.29, 0.717) is 17.7 Å². The van der Waals surface area contributed by atoms with E-state index in [0.717, 1.165) is 16.7 Å². The molecule has 0 fully saturated rings. The molecule has 0 saturated heterocycles. The summed E-state index contributed by atoms with van der Waals surface area (Å²) in [5, 5.41) is 9.01. The lowest BCUT2D eigenvalue weighted by molar-refractivity contribution is 0.0526. The molecule has 0 radical (unpaired) electrons. The summed E-state index contributed by atoms with van der Waals surface area (Å²) < 4.78 is 31.4. The Hall–Kier alpha value is -2.69. The fourth-order valence-electron chi connectivity index (χ4n) is 2.75. The van der Waals surface area contributed by atoms with Crippen LogP contribution in [0.3, 0.4) is 0 Å². The molecule has 1 N–H and O–H groups in total. The molecule has 0 heterocycles. The number of carbonyl (C=O) groups is 1. The van der Waals surface area contributed by atoms with Gasteiger partial charge in [0.2, 0.25) is 10.0 Å². The monoisotopic (exact) mass is 414 g/mol. The summed E-state index contributed by atoms with van der Waals surface area (Å²) >= 11 is 0. The van der Waals surface area contributed by atoms with E-state index in [2.05, 4.69) is 10.8 Å². The quantitative estimate of drug-likeness (QED) is 0.662. The molecule has 0 aliphatic rings. The van der Waals surface area contributed by atoms with E-state index in [-0.39, 0.29) is 12.5 Å². The summed E-state index contributed by atoms with van der Waals surface area (Å²) in [6.07, 6.45) is 0. The van der Waals surface area contributed by atoms with Crippen molar-refractivity contribution in [2.24, 2.45) is 0 Å². The predicted molar refractivity (Wildman–Crippen MR) is 113 cm³/mol. The number of sulfonamides is 1. The van der Waals surface area contributed by atoms with Gasteiger partial charge in [-0.25, -0.2) is 17.9 Å². The Bertz CT molecular complexity index is 1010. The van der Waals surface area contributed by atoms with Gasteiger partial charge in [-0.15, -0.1) is 0 Å². The molecule has 2 aromatic carbocycles. The van der Waals surface area contributed by atoms with E-state index in [1.807, 2.05) is 31.2 Å². The van der Waals surface area contributed by atoms with Gasteiger partial charge in [-0.3, -0.25) is 0 Å². The lowest BCUT2D eigenvalue weighted by Gasteiger charge is -2.15. The SMILES string of the molecule is CCOC(=O)c1ccc(-c2ccc([C@@H](C)CNS(=O)(=O)C(C)C)cc2)c(C#N)c1. The molecule has 29 heavy (non-hydrogen) atoms. The molecule has 0 unspecified atom stereocenters. The number of carbonyl (C=O) groups excluding carboxylic acids is 1. The first-order valence-corrected chi connectivity index (χ1v) is 11.0. The van der Waals surface area contributed by atoms with Crippen molar-refractivity contribution in [3.63, 3.8) is 0 Å². The van der Waals surface area contributed by atoms with Crippen LogP contribution in [0.15, 0.2) is 42.5 Å². The van der Waals surface area contributed by atoms with Crippen LogP contribution in [0, 0.1) is 11.3 Å². The van der Waals surface area contributed by atoms with Gasteiger partial charge < -0.3 is 4.74 Å². The van der Waals surface area contributed by atoms with Crippen molar-refractivity contribution >= 4 is 16.0 Å². The molecule has 2 aromatic rings. The summed E-state index contributed by atoms with van der Waals surface area (Å²) in [5.41, 5.74) is 3.29. The minimum atomic E-state index is -3.30. The Balaban J connectivity index is 2.19. The average Bonchev–Trinajstić information content (AvgIpc) is 2.71. The number of benzene rings is 2. The Morgan fingerprint density at radius 2 is 1.79 bits per heavy atom. The van der Waals surface area contributed by atoms with Gasteiger partial charge in [0, 0.05) is 6.54 Å². The number of hydrogen-bond acceptors (Lipinski definition) is 5. The maximum Gasteiger partial charge on any atom is 0.338 e. The molecule has 1 atom stereocenters. The van der Waals surface area contributed by atoms with Gasteiger partial charge in [-0.2, -0.15) is 5.26 Å². The van der Waals surface area contributed by atoms with E-state index in [1.165, 1.54) is 6.07 Å². The lowest BCUT2D eigenvalue weighted by atomic mass is 9.94. The summed E-state index contributed by atoms with van der Waals surface area (Å²) in [6.45, 7) is 7.55. The zero-order chi connectivity index (χ0) is 21.6. The third kappa shape index (κ3) is 5.66. The van der Waals surface area contributed by atoms with E-state index in [9.17, 15) is 18.5 Å². The first-order chi connectivity index (χ1) is 13.7. The third-order valence-corrected chi connectivity index (χ3v) is 6.46. The van der Waals surface area contributed by atoms with Crippen LogP contribution in [-0.2, 0) is 14.8 Å². The molecule has 0 aromatic heterocycles. The Kier molecular flexibility index (Phi) is 7.54. The molecule has 0 saturated carbocycles. The summed E-state index contributed by atoms with van der Waals surface area (Å²) in [5.74, 6) is -0.456. The van der Waals surface area contributed by atoms with Crippen LogP contribution in [0.1, 0.15) is 55.1 Å². The maximum absolute atomic E-state index is 11.9. The van der Waals surface area contributed by atoms with Gasteiger partial charge in [-0.05, 0) is 55.5 Å². The number of nitrogens with one attached hydrogen (secondary N) is 1. The lowest BCUT2D eigenvalue weighted by Crippen LogP contribution is -2.33. The standard InChI is InChI=1S/C22H26N2O4S/c1-5-28-22(25)19-10-11-21(20(12-19)13-23)18-8-6-17(7-9-18)16(4)14-24-29(26,27)15(2)3/h6-12,15-16,24H,5,14H2,1-4H3/t16-/m0/s1. The highest BCUT2D eigenvalue weighted by atomic mass is 32.2. The van der Waals surface area contributed by atoms with E-state index in [4.69, 9.17) is 4.74 Å². The van der Waals surface area contributed by atoms with E-state index >= 15 is 0 Å². The van der Waals surface area contributed by atoms with Gasteiger partial charge in [-0.1, -0.05) is 37.3 Å². The van der Waals surface area contributed by atoms with Crippen LogP contribution in [-0.4, -0.2) is 32.8 Å². The number of nitriles is 1. The van der Waals surface area contributed by atoms with Gasteiger partial charge in [0.25, 0.3) is 0 Å². The number of ether oxygens (including phenoxy) is 1. The van der Waals surface area contributed by atoms with Gasteiger partial charge >= 0.3 is 5.97 Å². The topological polar surface area (TPSA) is 96.3 Å². The molecule has 0 spiro atoms. The number of esters is 1. The minimum absolute atomic E-state index is 0.000739. The normalized spacial score (nSPS) is 12.4. The average molecular weight is 415 g/mol. The molecule has 0 aliphatic heterocycles. The minimum Gasteiger partial charge on any atom is -0.462 e. The molecular weight excluding hydrogens is 388 g/mol. The third-order valence-electron chi connectivity index (χ3n) is 4.65. The van der Waals surface area contributed by atoms with Crippen molar-refractivity contribution < 1.29 is 17.9 Å². The van der Waals surface area contributed by atoms with Crippen molar-refractivity contribution in [1.82, 2.24) is 4.72 Å². The Morgan fingerprint density at radius 1 is 1.14 bits per heavy atom. The van der Waals surface area contributed by atoms with Gasteiger partial charge in [0.15, 0.2) is 0 Å². The molecule has 154 valence electrons. The molecule has 7 heteroatoms. The van der Waals surface area contributed by atoms with Crippen LogP contribution in [0.5, 0.6) is 0 Å². The molecule has 0 aliphatic carbocycles. The zero-order valence-electron chi connectivity index (χ0n) is 17.1. The first-order valence-electron chi connectivity index (χ1n) is 9.49. The maximum atomic E-state index is 11.9. The second-order valence-corrected chi connectivity index (χ2v) is 9.38. The van der Waals surface area contributed by atoms with Crippen LogP contribution in [0.4, 0.5) is 0 Å². The van der Waals surface area contributed by atoms with Crippen LogP contribution in [0.2, 0.25) is 0 Å². The molecule has 6 nitrogen and oxygen atoms in total. The Morgan fingerprint density at radius 3 is 2.34 bits per heavy atom. The number of hydrogen-bond donors (Lipinski definition) is 1. The predicted octanol–water partition coefficient (Wildman–Crippen LogP) is 3.83. The highest BCUT2D eigenvalue weighted by Crippen LogP contribution is 2.27. The first kappa shape index (κ1) is 22.6. The van der Waals surface area contributed by atoms with Crippen molar-refractivity contribution in [2.45, 2.75) is 38.9 Å². The van der Waals surface area contributed by atoms with Crippen LogP contribution >= 0.6 is 0 Å². The van der Waals surface area contributed by atoms with Crippen molar-refractivity contribution in [3.8, 4) is 17.2 Å². The molecule has 2 rings (SSSR count). The summed E-state index contributed by atoms with van der Waals surface area (Å²) in [4.78, 5) is 11.9. The van der Waals surface area contributed by atoms with Crippen molar-refractivity contribution in [3.05, 3.63) is 59.2 Å². The largest absolute Gasteiger partial charge is 0.462 e. The van der Waals surface area contributed by atoms with Crippen molar-refractivity contribution in [2.75, 3.05) is 13.2 Å². The van der Waals surface area contributed by atoms with Crippen LogP contribution in [0.25, 0.3) is 11.1 Å². The second-order valence-electron chi connectivity index (χ2n) is 7.06. The molecule has 0 bridgehead atoms. The fraction of sp³-hybridized carbons (Fsp3) is 0.364. The van der Waals surface area contributed by atoms with E-state index in [1.54, 1.807) is 32.9 Å². The smallest absolute Gasteiger partial charge is 0.338 e. The summed E-state index contributed by atoms with van der Waals surface area (Å²) in [7, 11) is -3.30. The van der Waals surface area contributed by atoms with Crippen LogP contribution < -0.4 is 4.72 Å². The van der Waals surface area contributed by atoms with Gasteiger partial charge in [0.05, 0.1) is 29.1 Å². The van der Waals surface area contributed by atoms with Gasteiger partial charge in [0.1, 0.15) is 0 Å². The second kappa shape index (κ2) is 9.68. The number of nitrogens with zero attached hydrogens (tertiary/aromatic N) is 1. The molecule has 0 amide bonds. The zero-order valence-corrected chi connectivity index (χ0v) is 17.9. The van der Waals surface area contributed by atoms with E-state index < -0.39 is 21.2 Å². The highest BCUT2D eigenvalue weighted by molar-refractivity contribution is 7.90. The fourth-order valence-corrected chi connectivity index (χ4v) is 3.56.